The van der Waals surface area contributed by atoms with E-state index in [-0.39, 0.29) is 0 Å². The molecule has 0 aromatic carbocycles. The smallest absolute Gasteiger partial charge is 0.219 e. The lowest BCUT2D eigenvalue weighted by Crippen LogP contribution is -2.25. The molecular formula is C17H29N3O. The molecule has 2 atom stereocenters. The van der Waals surface area contributed by atoms with E-state index in [1.165, 1.54) is 19.3 Å². The van der Waals surface area contributed by atoms with Gasteiger partial charge in [0, 0.05) is 18.5 Å². The van der Waals surface area contributed by atoms with E-state index in [0.29, 0.717) is 12.0 Å². The van der Waals surface area contributed by atoms with Gasteiger partial charge in [-0.15, -0.1) is 0 Å². The third kappa shape index (κ3) is 4.58. The first kappa shape index (κ1) is 16.1. The molecule has 0 bridgehead atoms. The number of ether oxygens (including phenoxy) is 1. The molecule has 0 spiro atoms. The highest BCUT2D eigenvalue weighted by atomic mass is 16.5. The maximum Gasteiger partial charge on any atom is 0.219 e. The molecule has 2 unspecified atom stereocenters. The molecule has 0 radical (unpaired) electrons. The number of rotatable bonds is 6. The van der Waals surface area contributed by atoms with E-state index < -0.39 is 0 Å². The summed E-state index contributed by atoms with van der Waals surface area (Å²) < 4.78 is 6.17. The van der Waals surface area contributed by atoms with Gasteiger partial charge in [-0.2, -0.15) is 4.98 Å². The topological polar surface area (TPSA) is 47.0 Å². The highest BCUT2D eigenvalue weighted by Crippen LogP contribution is 2.30. The van der Waals surface area contributed by atoms with Crippen molar-refractivity contribution in [3.63, 3.8) is 0 Å². The maximum absolute atomic E-state index is 6.17. The van der Waals surface area contributed by atoms with E-state index in [1.807, 2.05) is 6.07 Å². The van der Waals surface area contributed by atoms with E-state index in [4.69, 9.17) is 4.74 Å². The summed E-state index contributed by atoms with van der Waals surface area (Å²) in [7, 11) is 0. The molecule has 1 N–H and O–H groups in total. The number of anilines is 1. The van der Waals surface area contributed by atoms with Crippen LogP contribution in [0.4, 0.5) is 5.82 Å². The molecule has 1 fully saturated rings. The highest BCUT2D eigenvalue weighted by molar-refractivity contribution is 5.38. The van der Waals surface area contributed by atoms with Gasteiger partial charge in [0.1, 0.15) is 17.7 Å². The Kier molecular flexibility index (Phi) is 5.83. The molecule has 1 heterocycles. The molecule has 1 aromatic heterocycles. The van der Waals surface area contributed by atoms with Crippen LogP contribution >= 0.6 is 0 Å². The van der Waals surface area contributed by atoms with Gasteiger partial charge in [-0.1, -0.05) is 33.6 Å². The Bertz CT molecular complexity index is 448. The Morgan fingerprint density at radius 2 is 2.10 bits per heavy atom. The van der Waals surface area contributed by atoms with Gasteiger partial charge in [-0.05, 0) is 32.1 Å². The van der Waals surface area contributed by atoms with Crippen LogP contribution in [0.1, 0.15) is 71.5 Å². The van der Waals surface area contributed by atoms with Gasteiger partial charge >= 0.3 is 0 Å². The second-order valence-electron chi connectivity index (χ2n) is 6.32. The minimum atomic E-state index is 0.306. The molecule has 1 aliphatic rings. The molecule has 0 aliphatic heterocycles. The number of aromatic nitrogens is 2. The number of nitrogens with one attached hydrogen (secondary N) is 1. The molecule has 1 aromatic rings. The standard InChI is InChI=1S/C17H29N3O/c1-5-13-8-7-9-14(10-13)21-16-11-15(18-6-2)19-17(20-16)12(3)4/h11-14H,5-10H2,1-4H3,(H,18,19,20). The van der Waals surface area contributed by atoms with Gasteiger partial charge in [0.2, 0.25) is 5.88 Å². The summed E-state index contributed by atoms with van der Waals surface area (Å²) in [5.74, 6) is 3.57. The fraction of sp³-hybridized carbons (Fsp3) is 0.765. The van der Waals surface area contributed by atoms with Crippen molar-refractivity contribution in [2.75, 3.05) is 11.9 Å². The average Bonchev–Trinajstić information content (AvgIpc) is 2.47. The highest BCUT2D eigenvalue weighted by Gasteiger charge is 2.23. The van der Waals surface area contributed by atoms with Gasteiger partial charge in [0.25, 0.3) is 0 Å². The second kappa shape index (κ2) is 7.62. The fourth-order valence-electron chi connectivity index (χ4n) is 2.92. The van der Waals surface area contributed by atoms with Gasteiger partial charge in [0.05, 0.1) is 0 Å². The third-order valence-electron chi connectivity index (χ3n) is 4.19. The van der Waals surface area contributed by atoms with Crippen molar-refractivity contribution in [2.24, 2.45) is 5.92 Å². The minimum Gasteiger partial charge on any atom is -0.474 e. The van der Waals surface area contributed by atoms with Crippen LogP contribution in [0.25, 0.3) is 0 Å². The Morgan fingerprint density at radius 3 is 2.76 bits per heavy atom. The molecule has 2 rings (SSSR count). The summed E-state index contributed by atoms with van der Waals surface area (Å²) >= 11 is 0. The van der Waals surface area contributed by atoms with E-state index >= 15 is 0 Å². The van der Waals surface area contributed by atoms with Crippen molar-refractivity contribution in [1.82, 2.24) is 9.97 Å². The van der Waals surface area contributed by atoms with Crippen LogP contribution in [0.3, 0.4) is 0 Å². The summed E-state index contributed by atoms with van der Waals surface area (Å²) in [4.78, 5) is 9.13. The molecule has 4 heteroatoms. The van der Waals surface area contributed by atoms with Gasteiger partial charge in [-0.25, -0.2) is 4.98 Å². The van der Waals surface area contributed by atoms with Crippen LogP contribution in [-0.4, -0.2) is 22.6 Å². The van der Waals surface area contributed by atoms with Gasteiger partial charge in [0.15, 0.2) is 0 Å². The SMILES string of the molecule is CCNc1cc(OC2CCCC(CC)C2)nc(C(C)C)n1. The molecule has 21 heavy (non-hydrogen) atoms. The molecule has 0 amide bonds. The lowest BCUT2D eigenvalue weighted by molar-refractivity contribution is 0.116. The van der Waals surface area contributed by atoms with Crippen molar-refractivity contribution in [2.45, 2.75) is 71.8 Å². The number of nitrogens with zero attached hydrogens (tertiary/aromatic N) is 2. The van der Waals surface area contributed by atoms with Crippen LogP contribution < -0.4 is 10.1 Å². The largest absolute Gasteiger partial charge is 0.474 e. The van der Waals surface area contributed by atoms with E-state index in [9.17, 15) is 0 Å². The molecule has 1 saturated carbocycles. The quantitative estimate of drug-likeness (QED) is 0.845. The zero-order valence-corrected chi connectivity index (χ0v) is 13.9. The molecule has 1 aliphatic carbocycles. The lowest BCUT2D eigenvalue weighted by Gasteiger charge is -2.28. The summed E-state index contributed by atoms with van der Waals surface area (Å²) in [5.41, 5.74) is 0. The summed E-state index contributed by atoms with van der Waals surface area (Å²) in [5, 5.41) is 3.27. The Hall–Kier alpha value is -1.32. The van der Waals surface area contributed by atoms with E-state index in [2.05, 4.69) is 43.0 Å². The average molecular weight is 291 g/mol. The zero-order valence-electron chi connectivity index (χ0n) is 13.9. The van der Waals surface area contributed by atoms with E-state index in [0.717, 1.165) is 42.8 Å². The fourth-order valence-corrected chi connectivity index (χ4v) is 2.92. The van der Waals surface area contributed by atoms with Gasteiger partial charge in [-0.3, -0.25) is 0 Å². The predicted molar refractivity (Wildman–Crippen MR) is 86.9 cm³/mol. The summed E-state index contributed by atoms with van der Waals surface area (Å²) in [6.07, 6.45) is 6.49. The normalized spacial score (nSPS) is 22.3. The first-order valence-electron chi connectivity index (χ1n) is 8.41. The second-order valence-corrected chi connectivity index (χ2v) is 6.32. The number of hydrogen-bond donors (Lipinski definition) is 1. The van der Waals surface area contributed by atoms with Crippen molar-refractivity contribution in [1.29, 1.82) is 0 Å². The zero-order chi connectivity index (χ0) is 15.2. The van der Waals surface area contributed by atoms with Crippen LogP contribution in [0.2, 0.25) is 0 Å². The van der Waals surface area contributed by atoms with Crippen LogP contribution in [0.15, 0.2) is 6.07 Å². The van der Waals surface area contributed by atoms with Crippen LogP contribution in [0.5, 0.6) is 5.88 Å². The first-order chi connectivity index (χ1) is 10.1. The molecule has 4 nitrogen and oxygen atoms in total. The molecule has 118 valence electrons. The number of hydrogen-bond acceptors (Lipinski definition) is 4. The van der Waals surface area contributed by atoms with Crippen LogP contribution in [-0.2, 0) is 0 Å². The Morgan fingerprint density at radius 1 is 1.29 bits per heavy atom. The van der Waals surface area contributed by atoms with Crippen LogP contribution in [0, 0.1) is 5.92 Å². The first-order valence-corrected chi connectivity index (χ1v) is 8.41. The monoisotopic (exact) mass is 291 g/mol. The Labute approximate surface area is 128 Å². The van der Waals surface area contributed by atoms with Crippen molar-refractivity contribution in [3.8, 4) is 5.88 Å². The summed E-state index contributed by atoms with van der Waals surface area (Å²) in [6.45, 7) is 9.43. The predicted octanol–water partition coefficient (Wildman–Crippen LogP) is 4.38. The van der Waals surface area contributed by atoms with Crippen molar-refractivity contribution >= 4 is 5.82 Å². The Balaban J connectivity index is 2.10. The molecular weight excluding hydrogens is 262 g/mol. The van der Waals surface area contributed by atoms with Gasteiger partial charge < -0.3 is 10.1 Å². The summed E-state index contributed by atoms with van der Waals surface area (Å²) in [6, 6.07) is 1.94. The third-order valence-corrected chi connectivity index (χ3v) is 4.19. The lowest BCUT2D eigenvalue weighted by atomic mass is 9.85. The molecule has 0 saturated heterocycles. The minimum absolute atomic E-state index is 0.306. The van der Waals surface area contributed by atoms with Crippen molar-refractivity contribution < 1.29 is 4.74 Å². The maximum atomic E-state index is 6.17. The van der Waals surface area contributed by atoms with E-state index in [1.54, 1.807) is 0 Å². The van der Waals surface area contributed by atoms with Crippen molar-refractivity contribution in [3.05, 3.63) is 11.9 Å².